The molecule has 36 heavy (non-hydrogen) atoms. The van der Waals surface area contributed by atoms with Crippen molar-refractivity contribution in [3.63, 3.8) is 0 Å². The summed E-state index contributed by atoms with van der Waals surface area (Å²) < 4.78 is 27.2. The van der Waals surface area contributed by atoms with Crippen molar-refractivity contribution >= 4 is 16.8 Å². The maximum Gasteiger partial charge on any atom is 0.256 e. The van der Waals surface area contributed by atoms with Crippen molar-refractivity contribution in [2.75, 3.05) is 45.9 Å². The first-order valence-electron chi connectivity index (χ1n) is 13.1. The van der Waals surface area contributed by atoms with Crippen molar-refractivity contribution in [2.45, 2.75) is 25.0 Å². The Morgan fingerprint density at radius 3 is 2.50 bits per heavy atom. The maximum absolute atomic E-state index is 13.7. The summed E-state index contributed by atoms with van der Waals surface area (Å²) in [6.07, 6.45) is 3.90. The van der Waals surface area contributed by atoms with E-state index in [1.165, 1.54) is 5.56 Å². The summed E-state index contributed by atoms with van der Waals surface area (Å²) in [5, 5.41) is 1.09. The fourth-order valence-electron chi connectivity index (χ4n) is 6.40. The number of carbonyl (C=O) groups is 1. The predicted molar refractivity (Wildman–Crippen MR) is 136 cm³/mol. The van der Waals surface area contributed by atoms with E-state index < -0.39 is 0 Å². The number of carbonyl (C=O) groups excluding carboxylic acids is 1. The highest BCUT2D eigenvalue weighted by Crippen LogP contribution is 2.35. The largest absolute Gasteiger partial charge is 0.350 e. The van der Waals surface area contributed by atoms with Gasteiger partial charge >= 0.3 is 0 Å². The van der Waals surface area contributed by atoms with E-state index in [2.05, 4.69) is 17.0 Å². The molecular weight excluding hydrogens is 457 g/mol. The SMILES string of the molecule is Cn1ccc2cccc(C(=O)N3CC(CN4CCC(c5ccc(F)cc5)CC4)C(C4OCCO4)C3)c21. The summed E-state index contributed by atoms with van der Waals surface area (Å²) in [4.78, 5) is 18.3. The number of para-hydroxylation sites is 1. The van der Waals surface area contributed by atoms with Gasteiger partial charge in [-0.05, 0) is 67.6 Å². The molecule has 1 amide bonds. The van der Waals surface area contributed by atoms with Gasteiger partial charge in [-0.1, -0.05) is 24.3 Å². The molecule has 0 N–H and O–H groups in total. The van der Waals surface area contributed by atoms with Crippen LogP contribution in [0.15, 0.2) is 54.7 Å². The van der Waals surface area contributed by atoms with Crippen LogP contribution in [0.5, 0.6) is 0 Å². The first-order valence-corrected chi connectivity index (χ1v) is 13.1. The summed E-state index contributed by atoms with van der Waals surface area (Å²) in [5.41, 5.74) is 2.97. The van der Waals surface area contributed by atoms with Crippen molar-refractivity contribution in [2.24, 2.45) is 18.9 Å². The number of aromatic nitrogens is 1. The number of rotatable bonds is 5. The molecule has 190 valence electrons. The molecule has 2 unspecified atom stereocenters. The third-order valence-electron chi connectivity index (χ3n) is 8.33. The van der Waals surface area contributed by atoms with Gasteiger partial charge in [0.25, 0.3) is 5.91 Å². The van der Waals surface area contributed by atoms with Gasteiger partial charge in [0.1, 0.15) is 5.82 Å². The Balaban J connectivity index is 1.15. The van der Waals surface area contributed by atoms with Crippen molar-refractivity contribution < 1.29 is 18.7 Å². The van der Waals surface area contributed by atoms with E-state index in [0.29, 0.717) is 38.1 Å². The molecule has 6 nitrogen and oxygen atoms in total. The summed E-state index contributed by atoms with van der Waals surface area (Å²) in [6, 6.07) is 15.0. The molecule has 3 aromatic rings. The van der Waals surface area contributed by atoms with Crippen molar-refractivity contribution in [3.05, 3.63) is 71.7 Å². The maximum atomic E-state index is 13.7. The highest BCUT2D eigenvalue weighted by Gasteiger charge is 2.43. The molecule has 0 spiro atoms. The number of likely N-dealkylation sites (tertiary alicyclic amines) is 2. The van der Waals surface area contributed by atoms with E-state index in [9.17, 15) is 9.18 Å². The Morgan fingerprint density at radius 2 is 1.75 bits per heavy atom. The number of hydrogen-bond acceptors (Lipinski definition) is 4. The Hall–Kier alpha value is -2.74. The molecular formula is C29H34FN3O3. The van der Waals surface area contributed by atoms with Crippen molar-refractivity contribution in [3.8, 4) is 0 Å². The van der Waals surface area contributed by atoms with E-state index in [0.717, 1.165) is 48.9 Å². The fraction of sp³-hybridized carbons (Fsp3) is 0.483. The third kappa shape index (κ3) is 4.56. The van der Waals surface area contributed by atoms with Crippen LogP contribution in [0, 0.1) is 17.7 Å². The second-order valence-corrected chi connectivity index (χ2v) is 10.5. The van der Waals surface area contributed by atoms with Crippen LogP contribution in [0.1, 0.15) is 34.7 Å². The number of hydrogen-bond donors (Lipinski definition) is 0. The van der Waals surface area contributed by atoms with Crippen molar-refractivity contribution in [1.29, 1.82) is 0 Å². The number of aryl methyl sites for hydroxylation is 1. The number of amides is 1. The van der Waals surface area contributed by atoms with Crippen LogP contribution < -0.4 is 0 Å². The molecule has 6 rings (SSSR count). The van der Waals surface area contributed by atoms with Crippen LogP contribution >= 0.6 is 0 Å². The average Bonchev–Trinajstić information content (AvgIpc) is 3.65. The molecule has 0 aliphatic carbocycles. The third-order valence-corrected chi connectivity index (χ3v) is 8.33. The van der Waals surface area contributed by atoms with Crippen LogP contribution in [0.3, 0.4) is 0 Å². The van der Waals surface area contributed by atoms with E-state index in [1.807, 2.05) is 47.0 Å². The van der Waals surface area contributed by atoms with Crippen LogP contribution in [-0.4, -0.2) is 72.5 Å². The lowest BCUT2D eigenvalue weighted by Gasteiger charge is -2.35. The van der Waals surface area contributed by atoms with Gasteiger partial charge in [-0.2, -0.15) is 0 Å². The lowest BCUT2D eigenvalue weighted by molar-refractivity contribution is -0.0924. The summed E-state index contributed by atoms with van der Waals surface area (Å²) >= 11 is 0. The van der Waals surface area contributed by atoms with Gasteiger partial charge in [0.2, 0.25) is 0 Å². The van der Waals surface area contributed by atoms with Gasteiger partial charge in [-0.15, -0.1) is 0 Å². The Labute approximate surface area is 211 Å². The minimum Gasteiger partial charge on any atom is -0.350 e. The molecule has 0 saturated carbocycles. The van der Waals surface area contributed by atoms with Gasteiger partial charge in [0.05, 0.1) is 24.3 Å². The normalized spacial score (nSPS) is 24.2. The first-order chi connectivity index (χ1) is 17.6. The highest BCUT2D eigenvalue weighted by molar-refractivity contribution is 6.06. The van der Waals surface area contributed by atoms with Crippen LogP contribution in [0.2, 0.25) is 0 Å². The van der Waals surface area contributed by atoms with Crippen LogP contribution in [-0.2, 0) is 16.5 Å². The van der Waals surface area contributed by atoms with Crippen LogP contribution in [0.4, 0.5) is 4.39 Å². The predicted octanol–water partition coefficient (Wildman–Crippen LogP) is 4.26. The Morgan fingerprint density at radius 1 is 1.00 bits per heavy atom. The second kappa shape index (κ2) is 9.96. The smallest absolute Gasteiger partial charge is 0.256 e. The van der Waals surface area contributed by atoms with Gasteiger partial charge in [-0.3, -0.25) is 4.79 Å². The minimum absolute atomic E-state index is 0.0860. The molecule has 1 aromatic heterocycles. The second-order valence-electron chi connectivity index (χ2n) is 10.5. The average molecular weight is 492 g/mol. The zero-order chi connectivity index (χ0) is 24.6. The van der Waals surface area contributed by atoms with E-state index in [4.69, 9.17) is 9.47 Å². The summed E-state index contributed by atoms with van der Waals surface area (Å²) in [5.74, 6) is 0.850. The van der Waals surface area contributed by atoms with Gasteiger partial charge in [-0.25, -0.2) is 4.39 Å². The summed E-state index contributed by atoms with van der Waals surface area (Å²) in [6.45, 7) is 5.55. The van der Waals surface area contributed by atoms with Gasteiger partial charge in [0, 0.05) is 44.2 Å². The standard InChI is InChI=1S/C29H34FN3O3/c1-31-12-9-22-3-2-4-25(27(22)31)28(34)33-18-23(26(19-33)29-35-15-16-36-29)17-32-13-10-21(11-14-32)20-5-7-24(30)8-6-20/h2-9,12,21,23,26,29H,10-11,13-19H2,1H3. The number of nitrogens with zero attached hydrogens (tertiary/aromatic N) is 3. The fourth-order valence-corrected chi connectivity index (χ4v) is 6.40. The number of ether oxygens (including phenoxy) is 2. The topological polar surface area (TPSA) is 46.9 Å². The molecule has 3 aliphatic heterocycles. The lowest BCUT2D eigenvalue weighted by Crippen LogP contribution is -2.40. The molecule has 0 bridgehead atoms. The van der Waals surface area contributed by atoms with Gasteiger partial charge in [0.15, 0.2) is 6.29 Å². The minimum atomic E-state index is -0.240. The monoisotopic (exact) mass is 491 g/mol. The number of benzene rings is 2. The van der Waals surface area contributed by atoms with E-state index in [-0.39, 0.29) is 23.9 Å². The number of halogens is 1. The van der Waals surface area contributed by atoms with Crippen molar-refractivity contribution in [1.82, 2.24) is 14.4 Å². The number of piperidine rings is 1. The van der Waals surface area contributed by atoms with Crippen LogP contribution in [0.25, 0.3) is 10.9 Å². The molecule has 0 radical (unpaired) electrons. The molecule has 2 aromatic carbocycles. The zero-order valence-electron chi connectivity index (χ0n) is 20.8. The molecule has 3 fully saturated rings. The zero-order valence-corrected chi connectivity index (χ0v) is 20.8. The van der Waals surface area contributed by atoms with E-state index >= 15 is 0 Å². The molecule has 3 aliphatic rings. The Bertz CT molecular complexity index is 1210. The number of fused-ring (bicyclic) bond motifs is 1. The first kappa shape index (κ1) is 23.6. The molecule has 2 atom stereocenters. The highest BCUT2D eigenvalue weighted by atomic mass is 19.1. The Kier molecular flexibility index (Phi) is 6.54. The quantitative estimate of drug-likeness (QED) is 0.535. The van der Waals surface area contributed by atoms with E-state index in [1.54, 1.807) is 12.1 Å². The molecule has 3 saturated heterocycles. The molecule has 7 heteroatoms. The molecule has 4 heterocycles. The summed E-state index contributed by atoms with van der Waals surface area (Å²) in [7, 11) is 1.99. The lowest BCUT2D eigenvalue weighted by atomic mass is 9.88. The van der Waals surface area contributed by atoms with Gasteiger partial charge < -0.3 is 23.8 Å².